The lowest BCUT2D eigenvalue weighted by Crippen LogP contribution is -2.08. The van der Waals surface area contributed by atoms with Gasteiger partial charge in [0.2, 0.25) is 0 Å². The number of hydrogen-bond acceptors (Lipinski definition) is 5. The third-order valence-corrected chi connectivity index (χ3v) is 3.18. The smallest absolute Gasteiger partial charge is 0.288 e. The second-order valence-electron chi connectivity index (χ2n) is 3.93. The van der Waals surface area contributed by atoms with Crippen LogP contribution < -0.4 is 5.32 Å². The molecule has 0 fully saturated rings. The van der Waals surface area contributed by atoms with Gasteiger partial charge in [-0.15, -0.1) is 0 Å². The molecule has 2 rings (SSSR count). The van der Waals surface area contributed by atoms with Crippen molar-refractivity contribution in [2.24, 2.45) is 0 Å². The van der Waals surface area contributed by atoms with E-state index in [4.69, 9.17) is 0 Å². The summed E-state index contributed by atoms with van der Waals surface area (Å²) >= 11 is 3.27. The summed E-state index contributed by atoms with van der Waals surface area (Å²) in [6.45, 7) is 1.96. The van der Waals surface area contributed by atoms with E-state index in [2.05, 4.69) is 31.2 Å². The van der Waals surface area contributed by atoms with Crippen LogP contribution in [0.5, 0.6) is 0 Å². The minimum atomic E-state index is -0.480. The summed E-state index contributed by atoms with van der Waals surface area (Å²) in [5, 5.41) is 13.8. The van der Waals surface area contributed by atoms with Crippen LogP contribution in [0.15, 0.2) is 41.3 Å². The SMILES string of the molecule is CC(Nc1ncc([N+](=O)[O-])cc1Br)c1cccnc1. The Bertz CT molecular complexity index is 592. The molecule has 0 radical (unpaired) electrons. The highest BCUT2D eigenvalue weighted by Crippen LogP contribution is 2.27. The van der Waals surface area contributed by atoms with E-state index in [0.717, 1.165) is 5.56 Å². The summed E-state index contributed by atoms with van der Waals surface area (Å²) < 4.78 is 0.553. The molecule has 6 nitrogen and oxygen atoms in total. The Balaban J connectivity index is 2.18. The number of pyridine rings is 2. The molecule has 7 heteroatoms. The van der Waals surface area contributed by atoms with Crippen LogP contribution in [0.25, 0.3) is 0 Å². The number of hydrogen-bond donors (Lipinski definition) is 1. The first-order valence-corrected chi connectivity index (χ1v) is 6.33. The summed E-state index contributed by atoms with van der Waals surface area (Å²) in [5.41, 5.74) is 0.959. The van der Waals surface area contributed by atoms with E-state index in [1.54, 1.807) is 12.4 Å². The summed E-state index contributed by atoms with van der Waals surface area (Å²) in [7, 11) is 0. The number of nitrogens with zero attached hydrogens (tertiary/aromatic N) is 3. The first-order chi connectivity index (χ1) is 9.08. The van der Waals surface area contributed by atoms with Gasteiger partial charge in [0.15, 0.2) is 0 Å². The van der Waals surface area contributed by atoms with Crippen LogP contribution in [-0.2, 0) is 0 Å². The van der Waals surface area contributed by atoms with Gasteiger partial charge in [-0.2, -0.15) is 0 Å². The Hall–Kier alpha value is -2.02. The molecule has 0 bridgehead atoms. The molecule has 1 atom stereocenters. The van der Waals surface area contributed by atoms with Crippen molar-refractivity contribution in [2.45, 2.75) is 13.0 Å². The maximum Gasteiger partial charge on any atom is 0.288 e. The maximum absolute atomic E-state index is 10.6. The minimum Gasteiger partial charge on any atom is -0.363 e. The highest BCUT2D eigenvalue weighted by atomic mass is 79.9. The van der Waals surface area contributed by atoms with Gasteiger partial charge >= 0.3 is 0 Å². The number of halogens is 1. The van der Waals surface area contributed by atoms with Crippen LogP contribution in [0.2, 0.25) is 0 Å². The largest absolute Gasteiger partial charge is 0.363 e. The zero-order valence-corrected chi connectivity index (χ0v) is 11.7. The highest BCUT2D eigenvalue weighted by molar-refractivity contribution is 9.10. The van der Waals surface area contributed by atoms with E-state index in [-0.39, 0.29) is 11.7 Å². The summed E-state index contributed by atoms with van der Waals surface area (Å²) in [4.78, 5) is 18.2. The fraction of sp³-hybridized carbons (Fsp3) is 0.167. The molecule has 0 aliphatic rings. The standard InChI is InChI=1S/C12H11BrN4O2/c1-8(9-3-2-4-14-6-9)16-12-11(13)5-10(7-15-12)17(18)19/h2-8H,1H3,(H,15,16). The lowest BCUT2D eigenvalue weighted by atomic mass is 10.1. The predicted octanol–water partition coefficient (Wildman–Crippen LogP) is 3.32. The van der Waals surface area contributed by atoms with E-state index >= 15 is 0 Å². The third kappa shape index (κ3) is 3.25. The highest BCUT2D eigenvalue weighted by Gasteiger charge is 2.13. The van der Waals surface area contributed by atoms with E-state index in [1.165, 1.54) is 12.3 Å². The van der Waals surface area contributed by atoms with Gasteiger partial charge in [-0.1, -0.05) is 6.07 Å². The lowest BCUT2D eigenvalue weighted by Gasteiger charge is -2.15. The van der Waals surface area contributed by atoms with Crippen molar-refractivity contribution < 1.29 is 4.92 Å². The molecule has 2 aromatic rings. The maximum atomic E-state index is 10.6. The molecule has 0 aliphatic heterocycles. The van der Waals surface area contributed by atoms with Gasteiger partial charge in [0, 0.05) is 18.5 Å². The molecule has 0 saturated heterocycles. The van der Waals surface area contributed by atoms with Crippen molar-refractivity contribution in [3.63, 3.8) is 0 Å². The molecule has 2 heterocycles. The van der Waals surface area contributed by atoms with Gasteiger partial charge in [-0.05, 0) is 34.5 Å². The monoisotopic (exact) mass is 322 g/mol. The molecule has 0 saturated carbocycles. The van der Waals surface area contributed by atoms with E-state index in [0.29, 0.717) is 10.3 Å². The number of aromatic nitrogens is 2. The molecule has 2 aromatic heterocycles. The van der Waals surface area contributed by atoms with Crippen LogP contribution >= 0.6 is 15.9 Å². The van der Waals surface area contributed by atoms with Crippen LogP contribution in [0.4, 0.5) is 11.5 Å². The van der Waals surface area contributed by atoms with E-state index < -0.39 is 4.92 Å². The lowest BCUT2D eigenvalue weighted by molar-refractivity contribution is -0.385. The molecule has 0 amide bonds. The number of nitrogens with one attached hydrogen (secondary N) is 1. The van der Waals surface area contributed by atoms with Crippen molar-refractivity contribution in [2.75, 3.05) is 5.32 Å². The second kappa shape index (κ2) is 5.75. The fourth-order valence-corrected chi connectivity index (χ4v) is 2.01. The van der Waals surface area contributed by atoms with Gasteiger partial charge < -0.3 is 5.32 Å². The quantitative estimate of drug-likeness (QED) is 0.689. The first-order valence-electron chi connectivity index (χ1n) is 5.54. The summed E-state index contributed by atoms with van der Waals surface area (Å²) in [6, 6.07) is 5.22. The number of rotatable bonds is 4. The Kier molecular flexibility index (Phi) is 4.06. The molecule has 1 unspecified atom stereocenters. The summed E-state index contributed by atoms with van der Waals surface area (Å²) in [5.74, 6) is 0.557. The van der Waals surface area contributed by atoms with Gasteiger partial charge in [0.25, 0.3) is 5.69 Å². The average molecular weight is 323 g/mol. The second-order valence-corrected chi connectivity index (χ2v) is 4.79. The van der Waals surface area contributed by atoms with Crippen molar-refractivity contribution in [3.8, 4) is 0 Å². The predicted molar refractivity (Wildman–Crippen MR) is 74.9 cm³/mol. The van der Waals surface area contributed by atoms with Crippen molar-refractivity contribution in [3.05, 3.63) is 56.9 Å². The average Bonchev–Trinajstić information content (AvgIpc) is 2.41. The van der Waals surface area contributed by atoms with Crippen molar-refractivity contribution >= 4 is 27.4 Å². The molecule has 98 valence electrons. The molecule has 1 N–H and O–H groups in total. The molecular weight excluding hydrogens is 312 g/mol. The van der Waals surface area contributed by atoms with Crippen molar-refractivity contribution in [1.29, 1.82) is 0 Å². The zero-order chi connectivity index (χ0) is 13.8. The van der Waals surface area contributed by atoms with Crippen LogP contribution in [0.3, 0.4) is 0 Å². The zero-order valence-electron chi connectivity index (χ0n) is 10.1. The van der Waals surface area contributed by atoms with Crippen molar-refractivity contribution in [1.82, 2.24) is 9.97 Å². The van der Waals surface area contributed by atoms with E-state index in [9.17, 15) is 10.1 Å². The minimum absolute atomic E-state index is 0.000967. The van der Waals surface area contributed by atoms with Crippen LogP contribution in [0, 0.1) is 10.1 Å². The molecule has 0 aliphatic carbocycles. The molecule has 19 heavy (non-hydrogen) atoms. The number of anilines is 1. The van der Waals surface area contributed by atoms with Gasteiger partial charge in [-0.3, -0.25) is 15.1 Å². The summed E-state index contributed by atoms with van der Waals surface area (Å²) in [6.07, 6.45) is 4.69. The normalized spacial score (nSPS) is 11.9. The Morgan fingerprint density at radius 3 is 2.84 bits per heavy atom. The fourth-order valence-electron chi connectivity index (χ4n) is 1.55. The molecule has 0 aromatic carbocycles. The van der Waals surface area contributed by atoms with Gasteiger partial charge in [-0.25, -0.2) is 4.98 Å². The topological polar surface area (TPSA) is 81.0 Å². The van der Waals surface area contributed by atoms with E-state index in [1.807, 2.05) is 19.1 Å². The Morgan fingerprint density at radius 1 is 1.47 bits per heavy atom. The van der Waals surface area contributed by atoms with Crippen LogP contribution in [-0.4, -0.2) is 14.9 Å². The van der Waals surface area contributed by atoms with Gasteiger partial charge in [0.05, 0.1) is 15.4 Å². The molecule has 0 spiro atoms. The Labute approximate surface area is 118 Å². The van der Waals surface area contributed by atoms with Crippen LogP contribution in [0.1, 0.15) is 18.5 Å². The van der Waals surface area contributed by atoms with Gasteiger partial charge in [0.1, 0.15) is 12.0 Å². The third-order valence-electron chi connectivity index (χ3n) is 2.58. The number of nitro groups is 1. The molecular formula is C12H11BrN4O2. The Morgan fingerprint density at radius 2 is 2.26 bits per heavy atom. The first kappa shape index (κ1) is 13.4.